The molecule has 0 amide bonds. The van der Waals surface area contributed by atoms with E-state index in [1.807, 2.05) is 6.20 Å². The molecule has 0 saturated heterocycles. The van der Waals surface area contributed by atoms with Crippen LogP contribution in [-0.4, -0.2) is 36.6 Å². The van der Waals surface area contributed by atoms with Crippen molar-refractivity contribution < 1.29 is 0 Å². The zero-order chi connectivity index (χ0) is 9.97. The Morgan fingerprint density at radius 3 is 2.86 bits per heavy atom. The van der Waals surface area contributed by atoms with Crippen molar-refractivity contribution in [2.75, 3.05) is 20.6 Å². The number of rotatable bonds is 5. The molecule has 2 rings (SSSR count). The van der Waals surface area contributed by atoms with Gasteiger partial charge >= 0.3 is 0 Å². The molecule has 1 unspecified atom stereocenters. The number of hydrogen-bond donors (Lipinski definition) is 2. The Bertz CT molecular complexity index is 262. The molecule has 1 fully saturated rings. The van der Waals surface area contributed by atoms with E-state index >= 15 is 0 Å². The maximum atomic E-state index is 3.56. The second kappa shape index (κ2) is 4.15. The first-order valence-corrected chi connectivity index (χ1v) is 5.30. The third-order valence-electron chi connectivity index (χ3n) is 2.78. The van der Waals surface area contributed by atoms with Crippen LogP contribution in [0.15, 0.2) is 18.3 Å². The fourth-order valence-electron chi connectivity index (χ4n) is 1.69. The monoisotopic (exact) mass is 193 g/mol. The molecule has 0 aliphatic heterocycles. The lowest BCUT2D eigenvalue weighted by molar-refractivity contribution is 0.283. The van der Waals surface area contributed by atoms with Crippen LogP contribution < -0.4 is 5.32 Å². The lowest BCUT2D eigenvalue weighted by Crippen LogP contribution is -2.32. The van der Waals surface area contributed by atoms with Crippen LogP contribution in [0.5, 0.6) is 0 Å². The van der Waals surface area contributed by atoms with Gasteiger partial charge in [0.2, 0.25) is 0 Å². The molecule has 1 aliphatic carbocycles. The van der Waals surface area contributed by atoms with Crippen LogP contribution in [-0.2, 0) is 0 Å². The van der Waals surface area contributed by atoms with Gasteiger partial charge in [0.1, 0.15) is 0 Å². The quantitative estimate of drug-likeness (QED) is 0.740. The Hall–Kier alpha value is -0.800. The summed E-state index contributed by atoms with van der Waals surface area (Å²) >= 11 is 0. The first-order valence-electron chi connectivity index (χ1n) is 5.30. The van der Waals surface area contributed by atoms with E-state index in [2.05, 4.69) is 41.4 Å². The molecule has 0 spiro atoms. The molecule has 1 atom stereocenters. The number of nitrogens with zero attached hydrogens (tertiary/aromatic N) is 1. The van der Waals surface area contributed by atoms with Crippen molar-refractivity contribution in [3.05, 3.63) is 24.0 Å². The molecule has 1 aliphatic rings. The molecule has 2 N–H and O–H groups in total. The predicted molar refractivity (Wildman–Crippen MR) is 58.2 cm³/mol. The molecule has 1 saturated carbocycles. The second-order valence-electron chi connectivity index (χ2n) is 4.29. The second-order valence-corrected chi connectivity index (χ2v) is 4.29. The molecule has 1 heterocycles. The molecule has 1 aromatic rings. The van der Waals surface area contributed by atoms with Crippen molar-refractivity contribution in [1.82, 2.24) is 15.2 Å². The molecule has 0 radical (unpaired) electrons. The summed E-state index contributed by atoms with van der Waals surface area (Å²) in [7, 11) is 4.25. The molecule has 78 valence electrons. The Morgan fingerprint density at radius 1 is 1.57 bits per heavy atom. The van der Waals surface area contributed by atoms with E-state index in [1.165, 1.54) is 18.5 Å². The number of aromatic amines is 1. The maximum Gasteiger partial charge on any atom is 0.0619 e. The normalized spacial score (nSPS) is 18.8. The predicted octanol–water partition coefficient (Wildman–Crippen LogP) is 1.37. The number of hydrogen-bond acceptors (Lipinski definition) is 2. The third kappa shape index (κ3) is 2.36. The Kier molecular flexibility index (Phi) is 2.89. The molecule has 3 heteroatoms. The minimum absolute atomic E-state index is 0.464. The van der Waals surface area contributed by atoms with Gasteiger partial charge in [-0.2, -0.15) is 0 Å². The van der Waals surface area contributed by atoms with Crippen LogP contribution in [0.4, 0.5) is 0 Å². The zero-order valence-corrected chi connectivity index (χ0v) is 8.96. The van der Waals surface area contributed by atoms with Gasteiger partial charge in [-0.3, -0.25) is 4.90 Å². The molecule has 0 aromatic carbocycles. The third-order valence-corrected chi connectivity index (χ3v) is 2.78. The van der Waals surface area contributed by atoms with Gasteiger partial charge in [0.25, 0.3) is 0 Å². The molecule has 1 aromatic heterocycles. The van der Waals surface area contributed by atoms with Crippen molar-refractivity contribution in [3.63, 3.8) is 0 Å². The van der Waals surface area contributed by atoms with E-state index in [0.29, 0.717) is 6.04 Å². The van der Waals surface area contributed by atoms with Gasteiger partial charge in [0, 0.05) is 24.5 Å². The maximum absolute atomic E-state index is 3.56. The summed E-state index contributed by atoms with van der Waals surface area (Å²) in [4.78, 5) is 5.53. The van der Waals surface area contributed by atoms with Gasteiger partial charge in [-0.1, -0.05) is 0 Å². The fraction of sp³-hybridized carbons (Fsp3) is 0.636. The topological polar surface area (TPSA) is 31.1 Å². The van der Waals surface area contributed by atoms with Gasteiger partial charge in [-0.25, -0.2) is 0 Å². The van der Waals surface area contributed by atoms with E-state index in [-0.39, 0.29) is 0 Å². The smallest absolute Gasteiger partial charge is 0.0619 e. The average molecular weight is 193 g/mol. The van der Waals surface area contributed by atoms with Gasteiger partial charge in [0.05, 0.1) is 6.04 Å². The highest BCUT2D eigenvalue weighted by Crippen LogP contribution is 2.21. The van der Waals surface area contributed by atoms with Crippen molar-refractivity contribution in [2.45, 2.75) is 24.9 Å². The van der Waals surface area contributed by atoms with Crippen molar-refractivity contribution >= 4 is 0 Å². The van der Waals surface area contributed by atoms with Crippen LogP contribution in [0.25, 0.3) is 0 Å². The van der Waals surface area contributed by atoms with Crippen LogP contribution >= 0.6 is 0 Å². The number of likely N-dealkylation sites (N-methyl/N-ethyl adjacent to an activating group) is 1. The van der Waals surface area contributed by atoms with Gasteiger partial charge in [0.15, 0.2) is 0 Å². The van der Waals surface area contributed by atoms with Crippen LogP contribution in [0.1, 0.15) is 24.6 Å². The standard InChI is InChI=1S/C11H19N3/c1-14(2)11(8-13-9-5-6-9)10-4-3-7-12-10/h3-4,7,9,11-13H,5-6,8H2,1-2H3. The van der Waals surface area contributed by atoms with Crippen molar-refractivity contribution in [1.29, 1.82) is 0 Å². The molecule has 14 heavy (non-hydrogen) atoms. The summed E-state index contributed by atoms with van der Waals surface area (Å²) in [5.41, 5.74) is 1.29. The number of H-pyrrole nitrogens is 1. The van der Waals surface area contributed by atoms with Crippen molar-refractivity contribution in [3.8, 4) is 0 Å². The minimum Gasteiger partial charge on any atom is -0.364 e. The summed E-state index contributed by atoms with van der Waals surface area (Å²) in [5.74, 6) is 0. The Morgan fingerprint density at radius 2 is 2.36 bits per heavy atom. The van der Waals surface area contributed by atoms with Gasteiger partial charge < -0.3 is 10.3 Å². The zero-order valence-electron chi connectivity index (χ0n) is 8.96. The van der Waals surface area contributed by atoms with Crippen molar-refractivity contribution in [2.24, 2.45) is 0 Å². The van der Waals surface area contributed by atoms with Crippen LogP contribution in [0, 0.1) is 0 Å². The van der Waals surface area contributed by atoms with Gasteiger partial charge in [-0.05, 0) is 39.1 Å². The van der Waals surface area contributed by atoms with E-state index < -0.39 is 0 Å². The van der Waals surface area contributed by atoms with E-state index in [4.69, 9.17) is 0 Å². The van der Waals surface area contributed by atoms with Crippen LogP contribution in [0.3, 0.4) is 0 Å². The Balaban J connectivity index is 1.92. The molecule has 0 bridgehead atoms. The lowest BCUT2D eigenvalue weighted by atomic mass is 10.2. The van der Waals surface area contributed by atoms with E-state index in [1.54, 1.807) is 0 Å². The highest BCUT2D eigenvalue weighted by Gasteiger charge is 2.23. The average Bonchev–Trinajstić information content (AvgIpc) is 2.80. The number of aromatic nitrogens is 1. The van der Waals surface area contributed by atoms with Gasteiger partial charge in [-0.15, -0.1) is 0 Å². The highest BCUT2D eigenvalue weighted by atomic mass is 15.1. The minimum atomic E-state index is 0.464. The summed E-state index contributed by atoms with van der Waals surface area (Å²) < 4.78 is 0. The molecular weight excluding hydrogens is 174 g/mol. The Labute approximate surface area is 85.5 Å². The number of nitrogens with one attached hydrogen (secondary N) is 2. The largest absolute Gasteiger partial charge is 0.364 e. The SMILES string of the molecule is CN(C)C(CNC1CC1)c1ccc[nH]1. The van der Waals surface area contributed by atoms with E-state index in [0.717, 1.165) is 12.6 Å². The van der Waals surface area contributed by atoms with E-state index in [9.17, 15) is 0 Å². The molecular formula is C11H19N3. The first-order chi connectivity index (χ1) is 6.77. The lowest BCUT2D eigenvalue weighted by Gasteiger charge is -2.23. The fourth-order valence-corrected chi connectivity index (χ4v) is 1.69. The van der Waals surface area contributed by atoms with Crippen LogP contribution in [0.2, 0.25) is 0 Å². The summed E-state index contributed by atoms with van der Waals surface area (Å²) in [6.45, 7) is 1.04. The highest BCUT2D eigenvalue weighted by molar-refractivity contribution is 5.09. The molecule has 3 nitrogen and oxygen atoms in total. The summed E-state index contributed by atoms with van der Waals surface area (Å²) in [6.07, 6.45) is 4.69. The first kappa shape index (κ1) is 9.74. The summed E-state index contributed by atoms with van der Waals surface area (Å²) in [6, 6.07) is 5.46. The summed E-state index contributed by atoms with van der Waals surface area (Å²) in [5, 5.41) is 3.56.